The zero-order valence-electron chi connectivity index (χ0n) is 9.38. The van der Waals surface area contributed by atoms with Gasteiger partial charge in [0.25, 0.3) is 5.91 Å². The minimum Gasteiger partial charge on any atom is -0.486 e. The first-order valence-corrected chi connectivity index (χ1v) is 5.43. The van der Waals surface area contributed by atoms with Gasteiger partial charge in [-0.1, -0.05) is 5.16 Å². The summed E-state index contributed by atoms with van der Waals surface area (Å²) >= 11 is 0. The second-order valence-corrected chi connectivity index (χ2v) is 3.73. The van der Waals surface area contributed by atoms with Crippen LogP contribution in [0.25, 0.3) is 0 Å². The van der Waals surface area contributed by atoms with E-state index in [9.17, 15) is 4.79 Å². The highest BCUT2D eigenvalue weighted by molar-refractivity contribution is 6.03. The number of carbonyl (C=O) groups is 1. The molecular formula is C12H10N2O4. The summed E-state index contributed by atoms with van der Waals surface area (Å²) < 4.78 is 15.4. The molecular weight excluding hydrogens is 236 g/mol. The first kappa shape index (κ1) is 10.6. The van der Waals surface area contributed by atoms with Crippen molar-refractivity contribution in [3.8, 4) is 11.5 Å². The lowest BCUT2D eigenvalue weighted by Gasteiger charge is -2.18. The molecule has 0 spiro atoms. The van der Waals surface area contributed by atoms with Crippen molar-refractivity contribution in [3.05, 3.63) is 36.2 Å². The number of carbonyl (C=O) groups excluding carboxylic acids is 1. The van der Waals surface area contributed by atoms with Gasteiger partial charge in [0.2, 0.25) is 0 Å². The maximum atomic E-state index is 11.8. The Hall–Kier alpha value is -2.50. The van der Waals surface area contributed by atoms with Crippen molar-refractivity contribution >= 4 is 11.6 Å². The largest absolute Gasteiger partial charge is 0.486 e. The molecule has 0 saturated carbocycles. The van der Waals surface area contributed by atoms with Crippen molar-refractivity contribution in [2.24, 2.45) is 0 Å². The minimum absolute atomic E-state index is 0.284. The van der Waals surface area contributed by atoms with Gasteiger partial charge in [0, 0.05) is 11.8 Å². The van der Waals surface area contributed by atoms with Gasteiger partial charge >= 0.3 is 0 Å². The Balaban J connectivity index is 1.79. The number of rotatable bonds is 2. The Morgan fingerprint density at radius 3 is 2.83 bits per heavy atom. The zero-order valence-corrected chi connectivity index (χ0v) is 9.38. The van der Waals surface area contributed by atoms with Crippen LogP contribution in [-0.2, 0) is 0 Å². The highest BCUT2D eigenvalue weighted by atomic mass is 16.6. The van der Waals surface area contributed by atoms with Crippen LogP contribution in [0.1, 0.15) is 10.4 Å². The SMILES string of the molecule is O=C(Nc1ccc2c(c1)OCCO2)c1cnoc1. The zero-order chi connectivity index (χ0) is 12.4. The number of hydrogen-bond acceptors (Lipinski definition) is 5. The van der Waals surface area contributed by atoms with Crippen molar-refractivity contribution in [1.82, 2.24) is 5.16 Å². The van der Waals surface area contributed by atoms with Crippen molar-refractivity contribution < 1.29 is 18.8 Å². The highest BCUT2D eigenvalue weighted by Gasteiger charge is 2.13. The van der Waals surface area contributed by atoms with Crippen molar-refractivity contribution in [1.29, 1.82) is 0 Å². The molecule has 0 aliphatic carbocycles. The van der Waals surface area contributed by atoms with Gasteiger partial charge in [0.1, 0.15) is 19.5 Å². The molecule has 0 radical (unpaired) electrons. The van der Waals surface area contributed by atoms with Crippen molar-refractivity contribution in [3.63, 3.8) is 0 Å². The molecule has 1 aromatic carbocycles. The smallest absolute Gasteiger partial charge is 0.260 e. The summed E-state index contributed by atoms with van der Waals surface area (Å²) in [5, 5.41) is 6.19. The predicted octanol–water partition coefficient (Wildman–Crippen LogP) is 1.70. The summed E-state index contributed by atoms with van der Waals surface area (Å²) in [7, 11) is 0. The highest BCUT2D eigenvalue weighted by Crippen LogP contribution is 2.32. The average molecular weight is 246 g/mol. The molecule has 92 valence electrons. The fraction of sp³-hybridized carbons (Fsp3) is 0.167. The lowest BCUT2D eigenvalue weighted by Crippen LogP contribution is -2.16. The second-order valence-electron chi connectivity index (χ2n) is 3.73. The number of amides is 1. The summed E-state index contributed by atoms with van der Waals surface area (Å²) in [5.74, 6) is 1.03. The van der Waals surface area contributed by atoms with Gasteiger partial charge in [-0.15, -0.1) is 0 Å². The fourth-order valence-corrected chi connectivity index (χ4v) is 1.64. The van der Waals surface area contributed by atoms with Crippen LogP contribution in [0, 0.1) is 0 Å². The van der Waals surface area contributed by atoms with Gasteiger partial charge in [-0.25, -0.2) is 0 Å². The van der Waals surface area contributed by atoms with Gasteiger partial charge in [-0.2, -0.15) is 0 Å². The van der Waals surface area contributed by atoms with Crippen LogP contribution >= 0.6 is 0 Å². The van der Waals surface area contributed by atoms with Gasteiger partial charge in [0.15, 0.2) is 11.5 Å². The minimum atomic E-state index is -0.284. The second kappa shape index (κ2) is 4.40. The van der Waals surface area contributed by atoms with Crippen LogP contribution in [0.2, 0.25) is 0 Å². The van der Waals surface area contributed by atoms with Gasteiger partial charge in [0.05, 0.1) is 11.8 Å². The van der Waals surface area contributed by atoms with Crippen LogP contribution in [0.5, 0.6) is 11.5 Å². The molecule has 0 bridgehead atoms. The normalized spacial score (nSPS) is 13.1. The van der Waals surface area contributed by atoms with Gasteiger partial charge in [-0.3, -0.25) is 4.79 Å². The molecule has 2 aromatic rings. The van der Waals surface area contributed by atoms with E-state index in [-0.39, 0.29) is 5.91 Å². The van der Waals surface area contributed by atoms with E-state index in [0.29, 0.717) is 36.0 Å². The molecule has 1 aromatic heterocycles. The van der Waals surface area contributed by atoms with Gasteiger partial charge in [-0.05, 0) is 12.1 Å². The van der Waals surface area contributed by atoms with Crippen LogP contribution in [-0.4, -0.2) is 24.3 Å². The molecule has 0 atom stereocenters. The number of nitrogens with zero attached hydrogens (tertiary/aromatic N) is 1. The Morgan fingerprint density at radius 2 is 2.06 bits per heavy atom. The summed E-state index contributed by atoms with van der Waals surface area (Å²) in [6.45, 7) is 1.05. The first-order valence-electron chi connectivity index (χ1n) is 5.43. The van der Waals surface area contributed by atoms with Crippen LogP contribution in [0.15, 0.2) is 35.2 Å². The molecule has 1 amide bonds. The summed E-state index contributed by atoms with van der Waals surface area (Å²) in [6.07, 6.45) is 2.64. The molecule has 0 saturated heterocycles. The lowest BCUT2D eigenvalue weighted by molar-refractivity contribution is 0.102. The monoisotopic (exact) mass is 246 g/mol. The van der Waals surface area contributed by atoms with E-state index < -0.39 is 0 Å². The molecule has 1 aliphatic heterocycles. The maximum Gasteiger partial charge on any atom is 0.260 e. The van der Waals surface area contributed by atoms with Crippen molar-refractivity contribution in [2.45, 2.75) is 0 Å². The Morgan fingerprint density at radius 1 is 1.22 bits per heavy atom. The Labute approximate surface area is 102 Å². The van der Waals surface area contributed by atoms with Crippen molar-refractivity contribution in [2.75, 3.05) is 18.5 Å². The van der Waals surface area contributed by atoms with E-state index in [4.69, 9.17) is 9.47 Å². The van der Waals surface area contributed by atoms with E-state index >= 15 is 0 Å². The van der Waals surface area contributed by atoms with Crippen LogP contribution in [0.4, 0.5) is 5.69 Å². The quantitative estimate of drug-likeness (QED) is 0.872. The predicted molar refractivity (Wildman–Crippen MR) is 61.9 cm³/mol. The number of ether oxygens (including phenoxy) is 2. The molecule has 1 N–H and O–H groups in total. The van der Waals surface area contributed by atoms with E-state index in [0.717, 1.165) is 0 Å². The van der Waals surface area contributed by atoms with E-state index in [1.54, 1.807) is 18.2 Å². The molecule has 6 heteroatoms. The average Bonchev–Trinajstić information content (AvgIpc) is 2.92. The summed E-state index contributed by atoms with van der Waals surface area (Å²) in [4.78, 5) is 11.8. The third-order valence-electron chi connectivity index (χ3n) is 2.49. The van der Waals surface area contributed by atoms with E-state index in [1.807, 2.05) is 0 Å². The summed E-state index contributed by atoms with van der Waals surface area (Å²) in [6, 6.07) is 5.23. The number of fused-ring (bicyclic) bond motifs is 1. The standard InChI is InChI=1S/C12H10N2O4/c15-12(8-6-13-18-7-8)14-9-1-2-10-11(5-9)17-4-3-16-10/h1-2,5-7H,3-4H2,(H,14,15). The van der Waals surface area contributed by atoms with Crippen LogP contribution < -0.4 is 14.8 Å². The third-order valence-corrected chi connectivity index (χ3v) is 2.49. The molecule has 2 heterocycles. The Kier molecular flexibility index (Phi) is 2.60. The number of nitrogens with one attached hydrogen (secondary N) is 1. The fourth-order valence-electron chi connectivity index (χ4n) is 1.64. The summed E-state index contributed by atoms with van der Waals surface area (Å²) in [5.41, 5.74) is 0.996. The number of benzene rings is 1. The molecule has 1 aliphatic rings. The molecule has 0 fully saturated rings. The molecule has 0 unspecified atom stereocenters. The molecule has 18 heavy (non-hydrogen) atoms. The first-order chi connectivity index (χ1) is 8.83. The number of hydrogen-bond donors (Lipinski definition) is 1. The van der Waals surface area contributed by atoms with Crippen LogP contribution in [0.3, 0.4) is 0 Å². The lowest BCUT2D eigenvalue weighted by atomic mass is 10.2. The number of aromatic nitrogens is 1. The number of anilines is 1. The van der Waals surface area contributed by atoms with Gasteiger partial charge < -0.3 is 19.3 Å². The third kappa shape index (κ3) is 2.00. The maximum absolute atomic E-state index is 11.8. The topological polar surface area (TPSA) is 73.6 Å². The van der Waals surface area contributed by atoms with E-state index in [2.05, 4.69) is 15.0 Å². The van der Waals surface area contributed by atoms with E-state index in [1.165, 1.54) is 12.5 Å². The molecule has 6 nitrogen and oxygen atoms in total. The molecule has 3 rings (SSSR count). The Bertz CT molecular complexity index is 565.